The maximum Gasteiger partial charge on any atom is 0.318 e. The minimum absolute atomic E-state index is 0.0874. The molecule has 0 spiro atoms. The molecule has 7 heteroatoms. The number of hydrogen-bond donors (Lipinski definition) is 1. The van der Waals surface area contributed by atoms with E-state index in [0.717, 1.165) is 5.56 Å². The first-order valence-corrected chi connectivity index (χ1v) is 7.83. The van der Waals surface area contributed by atoms with Gasteiger partial charge in [0.05, 0.1) is 13.2 Å². The van der Waals surface area contributed by atoms with Crippen molar-refractivity contribution in [3.8, 4) is 0 Å². The molecule has 1 N–H and O–H groups in total. The number of thiophene rings is 1. The number of nitrogens with one attached hydrogen (secondary N) is 1. The molecular formula is C14H21N3O3S. The van der Waals surface area contributed by atoms with E-state index < -0.39 is 6.04 Å². The summed E-state index contributed by atoms with van der Waals surface area (Å²) in [5.74, 6) is -0.119. The van der Waals surface area contributed by atoms with E-state index in [9.17, 15) is 9.59 Å². The quantitative estimate of drug-likeness (QED) is 0.915. The van der Waals surface area contributed by atoms with Crippen LogP contribution in [0, 0.1) is 0 Å². The third-order valence-corrected chi connectivity index (χ3v) is 4.12. The van der Waals surface area contributed by atoms with Crippen LogP contribution in [0.15, 0.2) is 16.8 Å². The predicted octanol–water partition coefficient (Wildman–Crippen LogP) is 1.31. The summed E-state index contributed by atoms with van der Waals surface area (Å²) in [4.78, 5) is 27.2. The lowest BCUT2D eigenvalue weighted by atomic mass is 10.1. The highest BCUT2D eigenvalue weighted by molar-refractivity contribution is 7.07. The predicted molar refractivity (Wildman–Crippen MR) is 81.3 cm³/mol. The molecule has 0 aromatic carbocycles. The van der Waals surface area contributed by atoms with Crippen molar-refractivity contribution in [3.05, 3.63) is 22.4 Å². The first kappa shape index (κ1) is 15.8. The second kappa shape index (κ2) is 6.91. The van der Waals surface area contributed by atoms with Gasteiger partial charge in [0, 0.05) is 20.6 Å². The van der Waals surface area contributed by atoms with Gasteiger partial charge in [0.15, 0.2) is 0 Å². The van der Waals surface area contributed by atoms with Gasteiger partial charge in [-0.1, -0.05) is 0 Å². The number of urea groups is 1. The van der Waals surface area contributed by atoms with Crippen molar-refractivity contribution in [3.63, 3.8) is 0 Å². The summed E-state index contributed by atoms with van der Waals surface area (Å²) in [5, 5.41) is 6.77. The topological polar surface area (TPSA) is 61.9 Å². The average Bonchev–Trinajstić information content (AvgIpc) is 3.00. The van der Waals surface area contributed by atoms with Crippen LogP contribution in [0.1, 0.15) is 18.6 Å². The van der Waals surface area contributed by atoms with Crippen LogP contribution in [0.3, 0.4) is 0 Å². The minimum atomic E-state index is -0.532. The van der Waals surface area contributed by atoms with Crippen LogP contribution in [0.4, 0.5) is 4.79 Å². The molecule has 2 atom stereocenters. The van der Waals surface area contributed by atoms with Gasteiger partial charge in [-0.3, -0.25) is 4.79 Å². The van der Waals surface area contributed by atoms with Gasteiger partial charge in [-0.25, -0.2) is 4.79 Å². The summed E-state index contributed by atoms with van der Waals surface area (Å²) < 4.78 is 5.70. The smallest absolute Gasteiger partial charge is 0.318 e. The number of likely N-dealkylation sites (N-methyl/N-ethyl adjacent to an activating group) is 1. The molecule has 3 amide bonds. The summed E-state index contributed by atoms with van der Waals surface area (Å²) in [7, 11) is 3.35. The molecule has 0 aliphatic carbocycles. The van der Waals surface area contributed by atoms with Gasteiger partial charge in [-0.2, -0.15) is 11.3 Å². The van der Waals surface area contributed by atoms with Gasteiger partial charge in [-0.05, 0) is 29.3 Å². The van der Waals surface area contributed by atoms with E-state index in [1.807, 2.05) is 16.8 Å². The molecule has 0 saturated carbocycles. The van der Waals surface area contributed by atoms with Gasteiger partial charge in [0.25, 0.3) is 0 Å². The summed E-state index contributed by atoms with van der Waals surface area (Å²) >= 11 is 1.61. The van der Waals surface area contributed by atoms with Crippen molar-refractivity contribution in [2.45, 2.75) is 19.1 Å². The molecule has 2 rings (SSSR count). The first-order valence-electron chi connectivity index (χ1n) is 6.89. The fourth-order valence-electron chi connectivity index (χ4n) is 2.22. The van der Waals surface area contributed by atoms with Crippen molar-refractivity contribution < 1.29 is 14.3 Å². The van der Waals surface area contributed by atoms with E-state index in [1.54, 1.807) is 37.3 Å². The van der Waals surface area contributed by atoms with Crippen LogP contribution in [0.5, 0.6) is 0 Å². The van der Waals surface area contributed by atoms with E-state index in [1.165, 1.54) is 4.90 Å². The number of morpholine rings is 1. The second-order valence-corrected chi connectivity index (χ2v) is 6.05. The molecule has 21 heavy (non-hydrogen) atoms. The minimum Gasteiger partial charge on any atom is -0.370 e. The Bertz CT molecular complexity index is 490. The Morgan fingerprint density at radius 1 is 1.52 bits per heavy atom. The van der Waals surface area contributed by atoms with Crippen LogP contribution in [0.25, 0.3) is 0 Å². The molecule has 1 aromatic heterocycles. The van der Waals surface area contributed by atoms with Gasteiger partial charge < -0.3 is 19.9 Å². The fraction of sp³-hybridized carbons (Fsp3) is 0.571. The first-order chi connectivity index (χ1) is 9.99. The lowest BCUT2D eigenvalue weighted by Crippen LogP contribution is -2.52. The number of hydrogen-bond acceptors (Lipinski definition) is 4. The monoisotopic (exact) mass is 311 g/mol. The molecule has 116 valence electrons. The second-order valence-electron chi connectivity index (χ2n) is 5.27. The van der Waals surface area contributed by atoms with Crippen molar-refractivity contribution in [2.24, 2.45) is 0 Å². The molecule has 1 saturated heterocycles. The van der Waals surface area contributed by atoms with Crippen LogP contribution >= 0.6 is 11.3 Å². The molecule has 2 heterocycles. The molecule has 0 bridgehead atoms. The summed E-state index contributed by atoms with van der Waals surface area (Å²) in [6, 6.07) is 1.26. The molecular weight excluding hydrogens is 290 g/mol. The Hall–Kier alpha value is -1.60. The van der Waals surface area contributed by atoms with Crippen molar-refractivity contribution in [2.75, 3.05) is 33.8 Å². The van der Waals surface area contributed by atoms with E-state index in [4.69, 9.17) is 4.74 Å². The van der Waals surface area contributed by atoms with Gasteiger partial charge >= 0.3 is 6.03 Å². The Morgan fingerprint density at radius 3 is 2.90 bits per heavy atom. The molecule has 1 fully saturated rings. The third kappa shape index (κ3) is 3.95. The number of amides is 3. The number of carbonyl (C=O) groups excluding carboxylic acids is 2. The number of ether oxygens (including phenoxy) is 1. The summed E-state index contributed by atoms with van der Waals surface area (Å²) in [5.41, 5.74) is 1.09. The third-order valence-electron chi connectivity index (χ3n) is 3.42. The zero-order valence-corrected chi connectivity index (χ0v) is 13.4. The highest BCUT2D eigenvalue weighted by Crippen LogP contribution is 2.24. The highest BCUT2D eigenvalue weighted by atomic mass is 32.1. The normalized spacial score (nSPS) is 20.0. The lowest BCUT2D eigenvalue weighted by molar-refractivity contribution is -0.130. The van der Waals surface area contributed by atoms with Crippen LogP contribution in [-0.2, 0) is 9.53 Å². The van der Waals surface area contributed by atoms with E-state index >= 15 is 0 Å². The van der Waals surface area contributed by atoms with Crippen LogP contribution in [-0.4, -0.2) is 61.6 Å². The van der Waals surface area contributed by atoms with Gasteiger partial charge in [0.2, 0.25) is 5.91 Å². The summed E-state index contributed by atoms with van der Waals surface area (Å²) in [6.45, 7) is 3.24. The Kier molecular flexibility index (Phi) is 5.19. The fourth-order valence-corrected chi connectivity index (χ4v) is 2.92. The lowest BCUT2D eigenvalue weighted by Gasteiger charge is -2.33. The van der Waals surface area contributed by atoms with Crippen molar-refractivity contribution in [1.82, 2.24) is 15.1 Å². The van der Waals surface area contributed by atoms with Crippen LogP contribution < -0.4 is 5.32 Å². The molecule has 1 aromatic rings. The molecule has 0 unspecified atom stereocenters. The van der Waals surface area contributed by atoms with Crippen molar-refractivity contribution in [1.29, 1.82) is 0 Å². The number of carbonyl (C=O) groups is 2. The SMILES string of the molecule is C[C@H](NC(=O)N1CCO[C@@H](c2ccsc2)C1)C(=O)N(C)C. The zero-order chi connectivity index (χ0) is 15.4. The van der Waals surface area contributed by atoms with Gasteiger partial charge in [0.1, 0.15) is 12.1 Å². The molecule has 0 radical (unpaired) electrons. The van der Waals surface area contributed by atoms with E-state index in [-0.39, 0.29) is 18.0 Å². The Morgan fingerprint density at radius 2 is 2.29 bits per heavy atom. The maximum absolute atomic E-state index is 12.2. The maximum atomic E-state index is 12.2. The number of nitrogens with zero attached hydrogens (tertiary/aromatic N) is 2. The largest absolute Gasteiger partial charge is 0.370 e. The average molecular weight is 311 g/mol. The standard InChI is InChI=1S/C14H21N3O3S/c1-10(13(18)16(2)3)15-14(19)17-5-6-20-12(8-17)11-4-7-21-9-11/h4,7,9-10,12H,5-6,8H2,1-3H3,(H,15,19)/t10-,12+/m0/s1. The van der Waals surface area contributed by atoms with Gasteiger partial charge in [-0.15, -0.1) is 0 Å². The van der Waals surface area contributed by atoms with E-state index in [2.05, 4.69) is 5.32 Å². The molecule has 1 aliphatic heterocycles. The molecule has 6 nitrogen and oxygen atoms in total. The van der Waals surface area contributed by atoms with Crippen molar-refractivity contribution >= 4 is 23.3 Å². The zero-order valence-electron chi connectivity index (χ0n) is 12.5. The van der Waals surface area contributed by atoms with Crippen LogP contribution in [0.2, 0.25) is 0 Å². The Labute approximate surface area is 128 Å². The summed E-state index contributed by atoms with van der Waals surface area (Å²) in [6.07, 6.45) is -0.0874. The number of rotatable bonds is 3. The molecule has 1 aliphatic rings. The van der Waals surface area contributed by atoms with E-state index in [0.29, 0.717) is 19.7 Å². The highest BCUT2D eigenvalue weighted by Gasteiger charge is 2.27. The Balaban J connectivity index is 1.92.